The Hall–Kier alpha value is -3.27. The number of carbonyl (C=O) groups is 2. The lowest BCUT2D eigenvalue weighted by Crippen LogP contribution is -2.73. The fraction of sp³-hybridized carbons (Fsp3) is 0.364. The number of amides is 1. The summed E-state index contributed by atoms with van der Waals surface area (Å²) in [6, 6.07) is 12.2. The summed E-state index contributed by atoms with van der Waals surface area (Å²) in [6.45, 7) is 0.778. The van der Waals surface area contributed by atoms with E-state index < -0.39 is 23.7 Å². The molecule has 0 aliphatic heterocycles. The molecule has 174 valence electrons. The Kier molecular flexibility index (Phi) is 8.48. The molecule has 2 rings (SSSR count). The van der Waals surface area contributed by atoms with Crippen LogP contribution in [0.25, 0.3) is 0 Å². The Morgan fingerprint density at radius 3 is 2.19 bits per heavy atom. The van der Waals surface area contributed by atoms with Crippen LogP contribution in [0.5, 0.6) is 11.5 Å². The number of ether oxygens (including phenoxy) is 3. The molecule has 1 amide bonds. The molecule has 0 heterocycles. The minimum Gasteiger partial charge on any atom is -0.493 e. The second-order valence-electron chi connectivity index (χ2n) is 6.65. The van der Waals surface area contributed by atoms with Crippen molar-refractivity contribution in [2.24, 2.45) is 0 Å². The van der Waals surface area contributed by atoms with Crippen LogP contribution in [-0.4, -0.2) is 51.1 Å². The highest BCUT2D eigenvalue weighted by molar-refractivity contribution is 5.98. The predicted octanol–water partition coefficient (Wildman–Crippen LogP) is 3.09. The van der Waals surface area contributed by atoms with Gasteiger partial charge in [-0.1, -0.05) is 24.3 Å². The molecule has 0 aromatic heterocycles. The van der Waals surface area contributed by atoms with Crippen LogP contribution in [0.15, 0.2) is 48.5 Å². The summed E-state index contributed by atoms with van der Waals surface area (Å²) >= 11 is 0. The molecule has 0 fully saturated rings. The van der Waals surface area contributed by atoms with E-state index in [1.165, 1.54) is 45.4 Å². The molecule has 0 spiro atoms. The quantitative estimate of drug-likeness (QED) is 0.424. The van der Waals surface area contributed by atoms with E-state index in [1.54, 1.807) is 29.6 Å². The number of hydrogen-bond acceptors (Lipinski definition) is 6. The van der Waals surface area contributed by atoms with Crippen molar-refractivity contribution in [1.29, 1.82) is 0 Å². The van der Waals surface area contributed by atoms with Crippen molar-refractivity contribution >= 4 is 11.9 Å². The van der Waals surface area contributed by atoms with Gasteiger partial charge in [-0.25, -0.2) is 4.79 Å². The van der Waals surface area contributed by atoms with Gasteiger partial charge in [-0.15, -0.1) is 0 Å². The van der Waals surface area contributed by atoms with Gasteiger partial charge < -0.3 is 19.5 Å². The fourth-order valence-electron chi connectivity index (χ4n) is 2.96. The molecule has 0 radical (unpaired) electrons. The van der Waals surface area contributed by atoms with Crippen molar-refractivity contribution in [2.45, 2.75) is 25.2 Å². The number of rotatable bonds is 10. The zero-order valence-electron chi connectivity index (χ0n) is 17.9. The Bertz CT molecular complexity index is 922. The molecule has 1 unspecified atom stereocenters. The molecule has 32 heavy (non-hydrogen) atoms. The predicted molar refractivity (Wildman–Crippen MR) is 111 cm³/mol. The lowest BCUT2D eigenvalue weighted by atomic mass is 10.1. The van der Waals surface area contributed by atoms with Crippen LogP contribution in [-0.2, 0) is 16.0 Å². The SMILES string of the molecule is CCOC(=O)C(NCCc1ccc(OC)c(OC)c1)(NC(=O)c1ccccc1)C(F)(F)F. The number of benzene rings is 2. The van der Waals surface area contributed by atoms with Crippen LogP contribution in [0, 0.1) is 0 Å². The first-order valence-corrected chi connectivity index (χ1v) is 9.76. The van der Waals surface area contributed by atoms with E-state index in [1.807, 2.05) is 0 Å². The monoisotopic (exact) mass is 454 g/mol. The molecule has 0 aliphatic rings. The Morgan fingerprint density at radius 1 is 0.969 bits per heavy atom. The van der Waals surface area contributed by atoms with Gasteiger partial charge in [0, 0.05) is 12.1 Å². The standard InChI is InChI=1S/C22H25F3N2O5/c1-4-32-20(29)21(22(23,24)25,27-19(28)16-8-6-5-7-9-16)26-13-12-15-10-11-17(30-2)18(14-15)31-3/h5-11,14,26H,4,12-13H2,1-3H3,(H,27,28). The second-order valence-corrected chi connectivity index (χ2v) is 6.65. The first-order chi connectivity index (χ1) is 15.2. The van der Waals surface area contributed by atoms with E-state index in [0.717, 1.165) is 0 Å². The Morgan fingerprint density at radius 2 is 1.62 bits per heavy atom. The molecule has 2 aromatic rings. The molecular formula is C22H25F3N2O5. The molecule has 0 aliphatic carbocycles. The summed E-state index contributed by atoms with van der Waals surface area (Å²) < 4.78 is 57.5. The molecule has 2 aromatic carbocycles. The first kappa shape index (κ1) is 25.0. The second kappa shape index (κ2) is 10.9. The molecule has 7 nitrogen and oxygen atoms in total. The van der Waals surface area contributed by atoms with Crippen LogP contribution in [0.3, 0.4) is 0 Å². The highest BCUT2D eigenvalue weighted by atomic mass is 19.4. The van der Waals surface area contributed by atoms with Crippen molar-refractivity contribution < 1.29 is 37.0 Å². The molecule has 2 N–H and O–H groups in total. The highest BCUT2D eigenvalue weighted by Gasteiger charge is 2.63. The number of nitrogens with one attached hydrogen (secondary N) is 2. The van der Waals surface area contributed by atoms with E-state index in [4.69, 9.17) is 9.47 Å². The van der Waals surface area contributed by atoms with Gasteiger partial charge in [0.05, 0.1) is 20.8 Å². The average molecular weight is 454 g/mol. The van der Waals surface area contributed by atoms with Gasteiger partial charge in [0.25, 0.3) is 11.6 Å². The summed E-state index contributed by atoms with van der Waals surface area (Å²) in [5, 5.41) is 3.97. The van der Waals surface area contributed by atoms with Crippen LogP contribution in [0.1, 0.15) is 22.8 Å². The van der Waals surface area contributed by atoms with Gasteiger partial charge in [-0.2, -0.15) is 13.2 Å². The van der Waals surface area contributed by atoms with E-state index >= 15 is 0 Å². The number of carbonyl (C=O) groups excluding carboxylic acids is 2. The van der Waals surface area contributed by atoms with Crippen molar-refractivity contribution in [3.63, 3.8) is 0 Å². The molecule has 10 heteroatoms. The van der Waals surface area contributed by atoms with Crippen LogP contribution in [0.4, 0.5) is 13.2 Å². The molecule has 1 atom stereocenters. The van der Waals surface area contributed by atoms with E-state index in [2.05, 4.69) is 10.1 Å². The van der Waals surface area contributed by atoms with Crippen molar-refractivity contribution in [2.75, 3.05) is 27.4 Å². The molecule has 0 saturated heterocycles. The summed E-state index contributed by atoms with van der Waals surface area (Å²) in [7, 11) is 2.90. The lowest BCUT2D eigenvalue weighted by molar-refractivity contribution is -0.218. The number of alkyl halides is 3. The van der Waals surface area contributed by atoms with Gasteiger partial charge in [-0.3, -0.25) is 10.1 Å². The number of esters is 1. The average Bonchev–Trinajstić information content (AvgIpc) is 2.78. The van der Waals surface area contributed by atoms with Crippen molar-refractivity contribution in [3.8, 4) is 11.5 Å². The van der Waals surface area contributed by atoms with Crippen LogP contribution < -0.4 is 20.1 Å². The molecule has 0 bridgehead atoms. The minimum atomic E-state index is -5.18. The van der Waals surface area contributed by atoms with E-state index in [0.29, 0.717) is 17.1 Å². The maximum absolute atomic E-state index is 14.2. The van der Waals surface area contributed by atoms with Crippen molar-refractivity contribution in [3.05, 3.63) is 59.7 Å². The Labute approximate surface area is 183 Å². The van der Waals surface area contributed by atoms with E-state index in [-0.39, 0.29) is 25.1 Å². The number of hydrogen-bond donors (Lipinski definition) is 2. The normalized spacial score (nSPS) is 13.1. The van der Waals surface area contributed by atoms with Gasteiger partial charge in [0.15, 0.2) is 11.5 Å². The van der Waals surface area contributed by atoms with Crippen LogP contribution >= 0.6 is 0 Å². The third-order valence-electron chi connectivity index (χ3n) is 4.60. The fourth-order valence-corrected chi connectivity index (χ4v) is 2.96. The van der Waals surface area contributed by atoms with Crippen LogP contribution in [0.2, 0.25) is 0 Å². The molecule has 0 saturated carbocycles. The van der Waals surface area contributed by atoms with E-state index in [9.17, 15) is 22.8 Å². The third-order valence-corrected chi connectivity index (χ3v) is 4.60. The van der Waals surface area contributed by atoms with Gasteiger partial charge in [0.1, 0.15) is 0 Å². The minimum absolute atomic E-state index is 0.0351. The summed E-state index contributed by atoms with van der Waals surface area (Å²) in [4.78, 5) is 25.0. The zero-order chi connectivity index (χ0) is 23.8. The first-order valence-electron chi connectivity index (χ1n) is 9.76. The van der Waals surface area contributed by atoms with Gasteiger partial charge in [-0.05, 0) is 43.2 Å². The van der Waals surface area contributed by atoms with Gasteiger partial charge >= 0.3 is 12.1 Å². The molecular weight excluding hydrogens is 429 g/mol. The largest absolute Gasteiger partial charge is 0.493 e. The maximum Gasteiger partial charge on any atom is 0.436 e. The summed E-state index contributed by atoms with van der Waals surface area (Å²) in [6.07, 6.45) is -5.08. The van der Waals surface area contributed by atoms with Gasteiger partial charge in [0.2, 0.25) is 0 Å². The zero-order valence-corrected chi connectivity index (χ0v) is 17.9. The lowest BCUT2D eigenvalue weighted by Gasteiger charge is -2.35. The van der Waals surface area contributed by atoms with Crippen molar-refractivity contribution in [1.82, 2.24) is 10.6 Å². The smallest absolute Gasteiger partial charge is 0.436 e. The number of halogens is 3. The Balaban J connectivity index is 2.29. The topological polar surface area (TPSA) is 85.9 Å². The third kappa shape index (κ3) is 5.70. The summed E-state index contributed by atoms with van der Waals surface area (Å²) in [5.41, 5.74) is -2.83. The highest BCUT2D eigenvalue weighted by Crippen LogP contribution is 2.31. The summed E-state index contributed by atoms with van der Waals surface area (Å²) in [5.74, 6) is -1.84. The number of methoxy groups -OCH3 is 2. The maximum atomic E-state index is 14.2.